The third-order valence-corrected chi connectivity index (χ3v) is 3.83. The van der Waals surface area contributed by atoms with Gasteiger partial charge in [0.05, 0.1) is 5.69 Å². The summed E-state index contributed by atoms with van der Waals surface area (Å²) in [4.78, 5) is 11.1. The lowest BCUT2D eigenvalue weighted by atomic mass is 9.57. The Morgan fingerprint density at radius 3 is 2.75 bits per heavy atom. The maximum atomic E-state index is 11.1. The average Bonchev–Trinajstić information content (AvgIpc) is 2.42. The van der Waals surface area contributed by atoms with Crippen LogP contribution in [0.2, 0.25) is 0 Å². The lowest BCUT2D eigenvalue weighted by molar-refractivity contribution is 0.0250. The molecule has 3 rings (SSSR count). The monoisotopic (exact) mass is 222 g/mol. The number of carboxylic acids is 1. The van der Waals surface area contributed by atoms with Crippen molar-refractivity contribution in [2.45, 2.75) is 25.7 Å². The molecule has 0 unspecified atom stereocenters. The second-order valence-electron chi connectivity index (χ2n) is 5.02. The van der Waals surface area contributed by atoms with Crippen molar-refractivity contribution in [2.24, 2.45) is 5.41 Å². The SMILES string of the molecule is Cc1noc(C2CC3(CNC3)C2)c1C(=O)O. The fourth-order valence-corrected chi connectivity index (χ4v) is 2.86. The number of aromatic carboxylic acids is 1. The molecular formula is C11H14N2O3. The van der Waals surface area contributed by atoms with Crippen molar-refractivity contribution in [1.82, 2.24) is 10.5 Å². The fourth-order valence-electron chi connectivity index (χ4n) is 2.86. The van der Waals surface area contributed by atoms with Gasteiger partial charge < -0.3 is 14.9 Å². The zero-order chi connectivity index (χ0) is 11.3. The van der Waals surface area contributed by atoms with Crippen LogP contribution in [0.3, 0.4) is 0 Å². The largest absolute Gasteiger partial charge is 0.477 e. The molecule has 86 valence electrons. The minimum absolute atomic E-state index is 0.245. The van der Waals surface area contributed by atoms with Gasteiger partial charge in [-0.1, -0.05) is 5.16 Å². The molecule has 1 spiro atoms. The molecule has 0 radical (unpaired) electrons. The van der Waals surface area contributed by atoms with Gasteiger partial charge in [-0.2, -0.15) is 0 Å². The highest BCUT2D eigenvalue weighted by Gasteiger charge is 2.51. The van der Waals surface area contributed by atoms with Crippen LogP contribution in [0.25, 0.3) is 0 Å². The van der Waals surface area contributed by atoms with Crippen LogP contribution in [0, 0.1) is 12.3 Å². The first-order chi connectivity index (χ1) is 7.61. The Hall–Kier alpha value is -1.36. The Morgan fingerprint density at radius 1 is 1.56 bits per heavy atom. The summed E-state index contributed by atoms with van der Waals surface area (Å²) in [6.45, 7) is 3.79. The predicted molar refractivity (Wildman–Crippen MR) is 55.5 cm³/mol. The molecule has 1 aliphatic heterocycles. The van der Waals surface area contributed by atoms with Gasteiger partial charge in [-0.25, -0.2) is 4.79 Å². The molecule has 1 aliphatic carbocycles. The van der Waals surface area contributed by atoms with E-state index in [9.17, 15) is 4.79 Å². The molecule has 2 fully saturated rings. The Bertz CT molecular complexity index is 440. The van der Waals surface area contributed by atoms with E-state index < -0.39 is 5.97 Å². The Labute approximate surface area is 92.8 Å². The molecule has 2 aliphatic rings. The number of nitrogens with one attached hydrogen (secondary N) is 1. The van der Waals surface area contributed by atoms with Crippen molar-refractivity contribution in [1.29, 1.82) is 0 Å². The minimum atomic E-state index is -0.929. The number of aromatic nitrogens is 1. The summed E-state index contributed by atoms with van der Waals surface area (Å²) in [5, 5.41) is 16.1. The molecule has 1 saturated carbocycles. The number of nitrogens with zero attached hydrogens (tertiary/aromatic N) is 1. The zero-order valence-electron chi connectivity index (χ0n) is 9.12. The molecule has 2 heterocycles. The van der Waals surface area contributed by atoms with Crippen LogP contribution < -0.4 is 5.32 Å². The molecular weight excluding hydrogens is 208 g/mol. The lowest BCUT2D eigenvalue weighted by Crippen LogP contribution is -2.59. The molecule has 5 nitrogen and oxygen atoms in total. The number of carboxylic acid groups (broad SMARTS) is 1. The van der Waals surface area contributed by atoms with Crippen LogP contribution in [-0.4, -0.2) is 29.3 Å². The van der Waals surface area contributed by atoms with E-state index in [1.54, 1.807) is 6.92 Å². The van der Waals surface area contributed by atoms with E-state index in [2.05, 4.69) is 10.5 Å². The van der Waals surface area contributed by atoms with Crippen LogP contribution >= 0.6 is 0 Å². The number of aryl methyl sites for hydroxylation is 1. The highest BCUT2D eigenvalue weighted by atomic mass is 16.5. The van der Waals surface area contributed by atoms with Gasteiger partial charge in [0.15, 0.2) is 5.76 Å². The van der Waals surface area contributed by atoms with Crippen molar-refractivity contribution in [3.63, 3.8) is 0 Å². The van der Waals surface area contributed by atoms with Crippen molar-refractivity contribution in [2.75, 3.05) is 13.1 Å². The van der Waals surface area contributed by atoms with Crippen LogP contribution in [0.4, 0.5) is 0 Å². The maximum absolute atomic E-state index is 11.1. The fraction of sp³-hybridized carbons (Fsp3) is 0.636. The number of hydrogen-bond donors (Lipinski definition) is 2. The minimum Gasteiger partial charge on any atom is -0.477 e. The third-order valence-electron chi connectivity index (χ3n) is 3.83. The lowest BCUT2D eigenvalue weighted by Gasteiger charge is -2.53. The quantitative estimate of drug-likeness (QED) is 0.785. The van der Waals surface area contributed by atoms with Gasteiger partial charge in [0, 0.05) is 19.0 Å². The number of hydrogen-bond acceptors (Lipinski definition) is 4. The molecule has 5 heteroatoms. The first-order valence-corrected chi connectivity index (χ1v) is 5.51. The van der Waals surface area contributed by atoms with Crippen LogP contribution in [0.1, 0.15) is 40.6 Å². The molecule has 0 amide bonds. The van der Waals surface area contributed by atoms with Gasteiger partial charge in [-0.15, -0.1) is 0 Å². The third kappa shape index (κ3) is 1.21. The second-order valence-corrected chi connectivity index (χ2v) is 5.02. The van der Waals surface area contributed by atoms with E-state index in [4.69, 9.17) is 9.63 Å². The van der Waals surface area contributed by atoms with Gasteiger partial charge in [0.25, 0.3) is 0 Å². The van der Waals surface area contributed by atoms with Gasteiger partial charge in [-0.3, -0.25) is 0 Å². The van der Waals surface area contributed by atoms with Gasteiger partial charge in [0.2, 0.25) is 0 Å². The smallest absolute Gasteiger partial charge is 0.341 e. The van der Waals surface area contributed by atoms with E-state index >= 15 is 0 Å². The molecule has 16 heavy (non-hydrogen) atoms. The van der Waals surface area contributed by atoms with E-state index in [1.165, 1.54) is 0 Å². The summed E-state index contributed by atoms with van der Waals surface area (Å²) in [6, 6.07) is 0. The van der Waals surface area contributed by atoms with Crippen molar-refractivity contribution in [3.8, 4) is 0 Å². The summed E-state index contributed by atoms with van der Waals surface area (Å²) in [6.07, 6.45) is 2.05. The van der Waals surface area contributed by atoms with Crippen molar-refractivity contribution in [3.05, 3.63) is 17.0 Å². The van der Waals surface area contributed by atoms with Crippen molar-refractivity contribution < 1.29 is 14.4 Å². The highest BCUT2D eigenvalue weighted by molar-refractivity contribution is 5.90. The normalized spacial score (nSPS) is 22.8. The molecule has 1 aromatic heterocycles. The second kappa shape index (κ2) is 3.07. The number of carbonyl (C=O) groups is 1. The average molecular weight is 222 g/mol. The first kappa shape index (κ1) is 9.84. The molecule has 1 aromatic rings. The first-order valence-electron chi connectivity index (χ1n) is 5.51. The molecule has 0 aromatic carbocycles. The predicted octanol–water partition coefficient (Wildman–Crippen LogP) is 1.15. The molecule has 0 atom stereocenters. The topological polar surface area (TPSA) is 75.4 Å². The van der Waals surface area contributed by atoms with E-state index in [0.29, 0.717) is 16.9 Å². The maximum Gasteiger partial charge on any atom is 0.341 e. The molecule has 1 saturated heterocycles. The zero-order valence-corrected chi connectivity index (χ0v) is 9.12. The molecule has 0 bridgehead atoms. The highest BCUT2D eigenvalue weighted by Crippen LogP contribution is 2.53. The summed E-state index contributed by atoms with van der Waals surface area (Å²) in [5.41, 5.74) is 1.17. The Morgan fingerprint density at radius 2 is 2.25 bits per heavy atom. The van der Waals surface area contributed by atoms with Crippen molar-refractivity contribution >= 4 is 5.97 Å². The summed E-state index contributed by atoms with van der Waals surface area (Å²) >= 11 is 0. The summed E-state index contributed by atoms with van der Waals surface area (Å²) in [7, 11) is 0. The summed E-state index contributed by atoms with van der Waals surface area (Å²) < 4.78 is 5.17. The van der Waals surface area contributed by atoms with Gasteiger partial charge >= 0.3 is 5.97 Å². The molecule has 2 N–H and O–H groups in total. The van der Waals surface area contributed by atoms with Crippen LogP contribution in [0.5, 0.6) is 0 Å². The van der Waals surface area contributed by atoms with Gasteiger partial charge in [0.1, 0.15) is 5.56 Å². The van der Waals surface area contributed by atoms with E-state index in [1.807, 2.05) is 0 Å². The standard InChI is InChI=1S/C11H14N2O3/c1-6-8(10(14)15)9(16-13-6)7-2-11(3-7)4-12-5-11/h7,12H,2-5H2,1H3,(H,14,15). The van der Waals surface area contributed by atoms with Crippen LogP contribution in [-0.2, 0) is 0 Å². The summed E-state index contributed by atoms with van der Waals surface area (Å²) in [5.74, 6) is -0.113. The van der Waals surface area contributed by atoms with E-state index in [-0.39, 0.29) is 11.5 Å². The van der Waals surface area contributed by atoms with Crippen LogP contribution in [0.15, 0.2) is 4.52 Å². The Kier molecular flexibility index (Phi) is 1.89. The van der Waals surface area contributed by atoms with Gasteiger partial charge in [-0.05, 0) is 25.2 Å². The van der Waals surface area contributed by atoms with E-state index in [0.717, 1.165) is 25.9 Å². The Balaban J connectivity index is 1.83. The number of rotatable bonds is 2.